The summed E-state index contributed by atoms with van der Waals surface area (Å²) in [4.78, 5) is 13.2. The first-order chi connectivity index (χ1) is 16.2. The molecule has 2 aromatic carbocycles. The smallest absolute Gasteiger partial charge is 0.308 e. The van der Waals surface area contributed by atoms with E-state index in [1.54, 1.807) is 0 Å². The zero-order valence-electron chi connectivity index (χ0n) is 20.2. The van der Waals surface area contributed by atoms with Gasteiger partial charge in [0, 0.05) is 31.4 Å². The number of sulfone groups is 1. The number of hydrogen-bond acceptors (Lipinski definition) is 8. The largest absolute Gasteiger partial charge is 0.426 e. The minimum atomic E-state index is -3.80. The van der Waals surface area contributed by atoms with Crippen molar-refractivity contribution in [3.05, 3.63) is 64.2 Å². The second-order valence-electron chi connectivity index (χ2n) is 8.96. The fourth-order valence-electron chi connectivity index (χ4n) is 4.19. The van der Waals surface area contributed by atoms with Gasteiger partial charge in [0.2, 0.25) is 0 Å². The van der Waals surface area contributed by atoms with Crippen molar-refractivity contribution < 1.29 is 31.8 Å². The van der Waals surface area contributed by atoms with E-state index in [0.29, 0.717) is 18.4 Å². The molecule has 2 atom stereocenters. The van der Waals surface area contributed by atoms with Crippen LogP contribution < -0.4 is 4.74 Å². The maximum Gasteiger partial charge on any atom is 0.308 e. The van der Waals surface area contributed by atoms with Gasteiger partial charge in [-0.15, -0.1) is 0 Å². The SMILES string of the molecule is CC(=O)Oc1c(C)cc(CN2C=NN(C[C@](O)(c3ccc(F)cc3F)[C@@H](C)S(C)(=O)=O)C2)cc1C. The molecule has 11 heteroatoms. The van der Waals surface area contributed by atoms with E-state index in [9.17, 15) is 27.1 Å². The monoisotopic (exact) mass is 509 g/mol. The van der Waals surface area contributed by atoms with E-state index in [0.717, 1.165) is 35.1 Å². The molecule has 0 radical (unpaired) electrons. The number of halogens is 2. The number of β-amino-alcohol motifs (C(OH)–C–C–N with tert-alkyl or cyclic N) is 1. The highest BCUT2D eigenvalue weighted by Crippen LogP contribution is 2.33. The van der Waals surface area contributed by atoms with Gasteiger partial charge < -0.3 is 14.7 Å². The van der Waals surface area contributed by atoms with Gasteiger partial charge in [-0.05, 0) is 43.5 Å². The fraction of sp³-hybridized carbons (Fsp3) is 0.417. The number of aliphatic hydroxyl groups is 1. The molecule has 1 heterocycles. The number of carbonyl (C=O) groups excluding carboxylic acids is 1. The van der Waals surface area contributed by atoms with E-state index >= 15 is 0 Å². The van der Waals surface area contributed by atoms with E-state index in [4.69, 9.17) is 4.74 Å². The van der Waals surface area contributed by atoms with Crippen molar-refractivity contribution in [2.75, 3.05) is 19.5 Å². The number of ether oxygens (including phenoxy) is 1. The molecule has 1 aliphatic heterocycles. The van der Waals surface area contributed by atoms with Crippen molar-refractivity contribution in [1.29, 1.82) is 0 Å². The van der Waals surface area contributed by atoms with Crippen molar-refractivity contribution in [1.82, 2.24) is 9.91 Å². The van der Waals surface area contributed by atoms with Gasteiger partial charge >= 0.3 is 5.97 Å². The van der Waals surface area contributed by atoms with Crippen LogP contribution in [-0.4, -0.2) is 60.5 Å². The maximum absolute atomic E-state index is 14.6. The number of carbonyl (C=O) groups is 1. The lowest BCUT2D eigenvalue weighted by Gasteiger charge is -2.36. The van der Waals surface area contributed by atoms with Crippen LogP contribution >= 0.6 is 0 Å². The van der Waals surface area contributed by atoms with E-state index in [1.165, 1.54) is 25.2 Å². The molecule has 0 spiro atoms. The Balaban J connectivity index is 1.80. The number of aryl methyl sites for hydroxylation is 2. The van der Waals surface area contributed by atoms with E-state index in [1.807, 2.05) is 30.9 Å². The molecule has 0 bridgehead atoms. The van der Waals surface area contributed by atoms with Gasteiger partial charge in [0.1, 0.15) is 36.0 Å². The molecule has 35 heavy (non-hydrogen) atoms. The summed E-state index contributed by atoms with van der Waals surface area (Å²) >= 11 is 0. The van der Waals surface area contributed by atoms with E-state index < -0.39 is 38.3 Å². The predicted molar refractivity (Wildman–Crippen MR) is 127 cm³/mol. The molecule has 0 aliphatic carbocycles. The van der Waals surface area contributed by atoms with Crippen LogP contribution in [0.25, 0.3) is 0 Å². The standard InChI is InChI=1S/C24H29F2N3O5S/c1-15-8-19(9-16(2)23(15)34-18(4)30)11-28-13-27-29(14-28)12-24(31,17(3)35(5,32)33)21-7-6-20(25)10-22(21)26/h6-10,13,17,31H,11-12,14H2,1-5H3/t17-,24-/m1/s1. The molecule has 0 aromatic heterocycles. The highest BCUT2D eigenvalue weighted by Gasteiger charge is 2.45. The molecular weight excluding hydrogens is 480 g/mol. The minimum Gasteiger partial charge on any atom is -0.426 e. The highest BCUT2D eigenvalue weighted by molar-refractivity contribution is 7.91. The van der Waals surface area contributed by atoms with Crippen molar-refractivity contribution >= 4 is 22.1 Å². The van der Waals surface area contributed by atoms with Crippen molar-refractivity contribution in [3.8, 4) is 5.75 Å². The van der Waals surface area contributed by atoms with Gasteiger partial charge in [-0.2, -0.15) is 5.10 Å². The van der Waals surface area contributed by atoms with Crippen LogP contribution in [0.3, 0.4) is 0 Å². The van der Waals surface area contributed by atoms with Gasteiger partial charge in [0.15, 0.2) is 9.84 Å². The second kappa shape index (κ2) is 9.90. The molecular formula is C24H29F2N3O5S. The van der Waals surface area contributed by atoms with E-state index in [-0.39, 0.29) is 18.8 Å². The van der Waals surface area contributed by atoms with E-state index in [2.05, 4.69) is 5.10 Å². The normalized spacial score (nSPS) is 16.3. The first-order valence-corrected chi connectivity index (χ1v) is 12.8. The average Bonchev–Trinajstić information content (AvgIpc) is 3.15. The van der Waals surface area contributed by atoms with Crippen molar-refractivity contribution in [2.45, 2.75) is 45.1 Å². The summed E-state index contributed by atoms with van der Waals surface area (Å²) in [7, 11) is -3.80. The Kier molecular flexibility index (Phi) is 7.51. The number of nitrogens with zero attached hydrogens (tertiary/aromatic N) is 3. The number of hydrogen-bond donors (Lipinski definition) is 1. The Hall–Kier alpha value is -3.05. The molecule has 1 N–H and O–H groups in total. The fourth-order valence-corrected chi connectivity index (χ4v) is 5.10. The molecule has 1 aliphatic rings. The predicted octanol–water partition coefficient (Wildman–Crippen LogP) is 2.85. The van der Waals surface area contributed by atoms with Crippen LogP contribution in [0.15, 0.2) is 35.4 Å². The van der Waals surface area contributed by atoms with Crippen LogP contribution in [0.5, 0.6) is 5.75 Å². The quantitative estimate of drug-likeness (QED) is 0.432. The van der Waals surface area contributed by atoms with Crippen LogP contribution in [0, 0.1) is 25.5 Å². The molecule has 3 rings (SSSR count). The number of benzene rings is 2. The first-order valence-electron chi connectivity index (χ1n) is 10.9. The van der Waals surface area contributed by atoms with Crippen LogP contribution in [0.1, 0.15) is 36.1 Å². The lowest BCUT2D eigenvalue weighted by molar-refractivity contribution is -0.131. The van der Waals surface area contributed by atoms with Crippen LogP contribution in [-0.2, 0) is 26.8 Å². The molecule has 8 nitrogen and oxygen atoms in total. The molecule has 190 valence electrons. The number of esters is 1. The van der Waals surface area contributed by atoms with Crippen LogP contribution in [0.4, 0.5) is 8.78 Å². The third kappa shape index (κ3) is 5.96. The molecule has 0 unspecified atom stereocenters. The van der Waals surface area contributed by atoms with Gasteiger partial charge in [0.05, 0.1) is 11.8 Å². The zero-order valence-corrected chi connectivity index (χ0v) is 21.1. The Morgan fingerprint density at radius 2 is 1.86 bits per heavy atom. The maximum atomic E-state index is 14.6. The number of hydrazone groups is 1. The Bertz CT molecular complexity index is 1240. The molecule has 2 aromatic rings. The molecule has 0 fully saturated rings. The Morgan fingerprint density at radius 3 is 2.40 bits per heavy atom. The highest BCUT2D eigenvalue weighted by atomic mass is 32.2. The lowest BCUT2D eigenvalue weighted by Crippen LogP contribution is -2.50. The van der Waals surface area contributed by atoms with Gasteiger partial charge in [-0.25, -0.2) is 17.2 Å². The summed E-state index contributed by atoms with van der Waals surface area (Å²) < 4.78 is 58.0. The minimum absolute atomic E-state index is 0.200. The summed E-state index contributed by atoms with van der Waals surface area (Å²) in [6.45, 7) is 6.60. The Morgan fingerprint density at radius 1 is 1.23 bits per heavy atom. The van der Waals surface area contributed by atoms with Gasteiger partial charge in [-0.1, -0.05) is 18.2 Å². The average molecular weight is 510 g/mol. The summed E-state index contributed by atoms with van der Waals surface area (Å²) in [6, 6.07) is 6.41. The van der Waals surface area contributed by atoms with Crippen molar-refractivity contribution in [2.24, 2.45) is 5.10 Å². The summed E-state index contributed by atoms with van der Waals surface area (Å²) in [5, 5.41) is 15.7. The second-order valence-corrected chi connectivity index (χ2v) is 11.3. The zero-order chi connectivity index (χ0) is 26.1. The lowest BCUT2D eigenvalue weighted by atomic mass is 9.89. The summed E-state index contributed by atoms with van der Waals surface area (Å²) in [5.74, 6) is -1.77. The summed E-state index contributed by atoms with van der Waals surface area (Å²) in [5.41, 5.74) is 0.0152. The van der Waals surface area contributed by atoms with Crippen LogP contribution in [0.2, 0.25) is 0 Å². The molecule has 0 saturated carbocycles. The first kappa shape index (κ1) is 26.6. The van der Waals surface area contributed by atoms with Gasteiger partial charge in [0.25, 0.3) is 0 Å². The van der Waals surface area contributed by atoms with Crippen molar-refractivity contribution in [3.63, 3.8) is 0 Å². The summed E-state index contributed by atoms with van der Waals surface area (Å²) in [6.07, 6.45) is 2.49. The number of rotatable bonds is 8. The van der Waals surface area contributed by atoms with Gasteiger partial charge in [-0.3, -0.25) is 9.80 Å². The molecule has 0 amide bonds. The Labute approximate surface area is 203 Å². The molecule has 0 saturated heterocycles. The topological polar surface area (TPSA) is 99.5 Å². The third-order valence-corrected chi connectivity index (χ3v) is 7.68. The third-order valence-electron chi connectivity index (χ3n) is 6.01.